The second kappa shape index (κ2) is 5.45. The molecule has 0 N–H and O–H groups in total. The molecule has 2 aliphatic rings. The van der Waals surface area contributed by atoms with Crippen LogP contribution in [0, 0.1) is 0 Å². The van der Waals surface area contributed by atoms with E-state index in [9.17, 15) is 0 Å². The molecule has 0 unspecified atom stereocenters. The molecule has 110 valence electrons. The first-order valence-electron chi connectivity index (χ1n) is 7.10. The molecule has 2 aliphatic carbocycles. The lowest BCUT2D eigenvalue weighted by Crippen LogP contribution is -2.02. The Balaban J connectivity index is 1.54. The van der Waals surface area contributed by atoms with E-state index in [0.717, 1.165) is 16.5 Å². The van der Waals surface area contributed by atoms with E-state index >= 15 is 0 Å². The Bertz CT molecular complexity index is 680. The van der Waals surface area contributed by atoms with Crippen molar-refractivity contribution in [3.63, 3.8) is 0 Å². The van der Waals surface area contributed by atoms with Gasteiger partial charge in [0.2, 0.25) is 0 Å². The molecule has 0 aromatic carbocycles. The summed E-state index contributed by atoms with van der Waals surface area (Å²) in [5.74, 6) is 2.55. The van der Waals surface area contributed by atoms with E-state index in [1.165, 1.54) is 31.5 Å². The summed E-state index contributed by atoms with van der Waals surface area (Å²) >= 11 is 13.7. The molecule has 2 fully saturated rings. The van der Waals surface area contributed by atoms with Crippen molar-refractivity contribution in [3.8, 4) is 0 Å². The summed E-state index contributed by atoms with van der Waals surface area (Å²) in [6, 6.07) is 2.29. The van der Waals surface area contributed by atoms with Crippen LogP contribution in [-0.4, -0.2) is 19.7 Å². The highest BCUT2D eigenvalue weighted by atomic mass is 35.5. The summed E-state index contributed by atoms with van der Waals surface area (Å²) in [5.41, 5.74) is 0.976. The lowest BCUT2D eigenvalue weighted by Gasteiger charge is -2.08. The van der Waals surface area contributed by atoms with Gasteiger partial charge >= 0.3 is 0 Å². The van der Waals surface area contributed by atoms with Crippen LogP contribution in [-0.2, 0) is 5.75 Å². The van der Waals surface area contributed by atoms with Gasteiger partial charge in [0.1, 0.15) is 11.0 Å². The third kappa shape index (κ3) is 2.91. The summed E-state index contributed by atoms with van der Waals surface area (Å²) in [7, 11) is 0. The summed E-state index contributed by atoms with van der Waals surface area (Å²) in [4.78, 5) is 4.09. The monoisotopic (exact) mass is 340 g/mol. The number of hydrogen-bond donors (Lipinski definition) is 0. The number of halogens is 2. The van der Waals surface area contributed by atoms with Crippen LogP contribution in [0.2, 0.25) is 10.2 Å². The molecule has 2 heterocycles. The normalized spacial score (nSPS) is 18.2. The van der Waals surface area contributed by atoms with E-state index in [-0.39, 0.29) is 0 Å². The third-order valence-electron chi connectivity index (χ3n) is 3.80. The van der Waals surface area contributed by atoms with Crippen molar-refractivity contribution < 1.29 is 0 Å². The molecule has 4 rings (SSSR count). The van der Waals surface area contributed by atoms with E-state index in [2.05, 4.69) is 19.7 Å². The predicted molar refractivity (Wildman–Crippen MR) is 84.1 cm³/mol. The number of rotatable bonds is 5. The first kappa shape index (κ1) is 13.9. The number of pyridine rings is 1. The van der Waals surface area contributed by atoms with Crippen LogP contribution < -0.4 is 0 Å². The van der Waals surface area contributed by atoms with Gasteiger partial charge in [-0.05, 0) is 37.3 Å². The van der Waals surface area contributed by atoms with E-state index in [1.807, 2.05) is 0 Å². The smallest absolute Gasteiger partial charge is 0.191 e. The van der Waals surface area contributed by atoms with E-state index in [0.29, 0.717) is 22.1 Å². The van der Waals surface area contributed by atoms with Gasteiger partial charge in [0.05, 0.1) is 0 Å². The van der Waals surface area contributed by atoms with Gasteiger partial charge in [-0.2, -0.15) is 0 Å². The minimum absolute atomic E-state index is 0.422. The molecule has 0 atom stereocenters. The molecule has 2 saturated carbocycles. The molecule has 4 nitrogen and oxygen atoms in total. The van der Waals surface area contributed by atoms with Crippen LogP contribution >= 0.6 is 35.0 Å². The molecule has 21 heavy (non-hydrogen) atoms. The van der Waals surface area contributed by atoms with Crippen molar-refractivity contribution in [3.05, 3.63) is 33.8 Å². The summed E-state index contributed by atoms with van der Waals surface area (Å²) in [6.45, 7) is 0. The second-order valence-corrected chi connectivity index (χ2v) is 7.34. The maximum Gasteiger partial charge on any atom is 0.191 e. The SMILES string of the molecule is Clc1cc(Cl)c(CSc2nnc(C3CC3)n2C2CC2)cn1. The zero-order valence-electron chi connectivity index (χ0n) is 11.3. The van der Waals surface area contributed by atoms with E-state index in [1.54, 1.807) is 24.0 Å². The molecule has 0 bridgehead atoms. The average molecular weight is 341 g/mol. The minimum Gasteiger partial charge on any atom is -0.303 e. The molecule has 2 aromatic heterocycles. The van der Waals surface area contributed by atoms with Gasteiger partial charge in [-0.15, -0.1) is 10.2 Å². The zero-order valence-corrected chi connectivity index (χ0v) is 13.6. The predicted octanol–water partition coefficient (Wildman–Crippen LogP) is 4.48. The lowest BCUT2D eigenvalue weighted by atomic mass is 10.3. The molecular weight excluding hydrogens is 327 g/mol. The van der Waals surface area contributed by atoms with Crippen molar-refractivity contribution in [1.82, 2.24) is 19.7 Å². The first-order chi connectivity index (χ1) is 10.2. The average Bonchev–Trinajstić information content (AvgIpc) is 3.37. The van der Waals surface area contributed by atoms with Crippen LogP contribution in [0.5, 0.6) is 0 Å². The first-order valence-corrected chi connectivity index (χ1v) is 8.84. The van der Waals surface area contributed by atoms with Gasteiger partial charge in [-0.1, -0.05) is 35.0 Å². The lowest BCUT2D eigenvalue weighted by molar-refractivity contribution is 0.627. The summed E-state index contributed by atoms with van der Waals surface area (Å²) in [6.07, 6.45) is 6.73. The number of thioether (sulfide) groups is 1. The van der Waals surface area contributed by atoms with Crippen LogP contribution in [0.25, 0.3) is 0 Å². The fourth-order valence-corrected chi connectivity index (χ4v) is 3.87. The number of hydrogen-bond acceptors (Lipinski definition) is 4. The molecule has 7 heteroatoms. The zero-order chi connectivity index (χ0) is 14.4. The van der Waals surface area contributed by atoms with Crippen molar-refractivity contribution in [1.29, 1.82) is 0 Å². The molecule has 0 saturated heterocycles. The molecular formula is C14H14Cl2N4S. The Morgan fingerprint density at radius 2 is 2.00 bits per heavy atom. The quantitative estimate of drug-likeness (QED) is 0.594. The van der Waals surface area contributed by atoms with Crippen LogP contribution in [0.15, 0.2) is 17.4 Å². The van der Waals surface area contributed by atoms with Crippen LogP contribution in [0.1, 0.15) is 49.0 Å². The molecule has 2 aromatic rings. The van der Waals surface area contributed by atoms with Crippen molar-refractivity contribution in [2.24, 2.45) is 0 Å². The highest BCUT2D eigenvalue weighted by Crippen LogP contribution is 2.46. The highest BCUT2D eigenvalue weighted by molar-refractivity contribution is 7.98. The van der Waals surface area contributed by atoms with Crippen molar-refractivity contribution in [2.75, 3.05) is 0 Å². The maximum absolute atomic E-state index is 6.20. The number of aromatic nitrogens is 4. The van der Waals surface area contributed by atoms with E-state index < -0.39 is 0 Å². The molecule has 0 amide bonds. The Kier molecular flexibility index (Phi) is 3.59. The van der Waals surface area contributed by atoms with Crippen LogP contribution in [0.4, 0.5) is 0 Å². The summed E-state index contributed by atoms with van der Waals surface area (Å²) < 4.78 is 2.35. The highest BCUT2D eigenvalue weighted by Gasteiger charge is 2.36. The molecule has 0 aliphatic heterocycles. The molecule has 0 radical (unpaired) electrons. The largest absolute Gasteiger partial charge is 0.303 e. The summed E-state index contributed by atoms with van der Waals surface area (Å²) in [5, 5.41) is 10.9. The standard InChI is InChI=1S/C14H14Cl2N4S/c15-11-5-12(16)17-6-9(11)7-21-14-19-18-13(8-1-2-8)20(14)10-3-4-10/h5-6,8,10H,1-4,7H2. The Hall–Kier alpha value is -0.780. The van der Waals surface area contributed by atoms with Crippen molar-refractivity contribution in [2.45, 2.75) is 48.6 Å². The second-order valence-electron chi connectivity index (χ2n) is 5.60. The van der Waals surface area contributed by atoms with Gasteiger partial charge in [-0.25, -0.2) is 4.98 Å². The van der Waals surface area contributed by atoms with E-state index in [4.69, 9.17) is 23.2 Å². The Morgan fingerprint density at radius 3 is 2.67 bits per heavy atom. The van der Waals surface area contributed by atoms with Crippen LogP contribution in [0.3, 0.4) is 0 Å². The fraction of sp³-hybridized carbons (Fsp3) is 0.500. The Labute approximate surface area is 137 Å². The fourth-order valence-electron chi connectivity index (χ4n) is 2.37. The topological polar surface area (TPSA) is 43.6 Å². The van der Waals surface area contributed by atoms with Gasteiger partial charge < -0.3 is 4.57 Å². The minimum atomic E-state index is 0.422. The van der Waals surface area contributed by atoms with Gasteiger partial charge in [0.15, 0.2) is 5.16 Å². The number of nitrogens with zero attached hydrogens (tertiary/aromatic N) is 4. The van der Waals surface area contributed by atoms with Gasteiger partial charge in [0.25, 0.3) is 0 Å². The maximum atomic E-state index is 6.20. The van der Waals surface area contributed by atoms with Crippen molar-refractivity contribution >= 4 is 35.0 Å². The Morgan fingerprint density at radius 1 is 1.19 bits per heavy atom. The van der Waals surface area contributed by atoms with Gasteiger partial charge in [-0.3, -0.25) is 0 Å². The van der Waals surface area contributed by atoms with Gasteiger partial charge in [0, 0.05) is 28.9 Å². The third-order valence-corrected chi connectivity index (χ3v) is 5.35. The molecule has 0 spiro atoms.